The maximum Gasteiger partial charge on any atom is 0.254 e. The molecule has 0 aliphatic rings. The molecule has 1 N–H and O–H groups in total. The van der Waals surface area contributed by atoms with Crippen LogP contribution in [0.3, 0.4) is 0 Å². The van der Waals surface area contributed by atoms with Crippen molar-refractivity contribution in [1.82, 2.24) is 25.6 Å². The lowest BCUT2D eigenvalue weighted by Gasteiger charge is -1.98. The van der Waals surface area contributed by atoms with Crippen molar-refractivity contribution >= 4 is 22.0 Å². The fourth-order valence-corrected chi connectivity index (χ4v) is 2.89. The van der Waals surface area contributed by atoms with E-state index in [2.05, 4.69) is 25.6 Å². The molecule has 126 valence electrons. The van der Waals surface area contributed by atoms with Crippen molar-refractivity contribution in [3.8, 4) is 11.5 Å². The first-order valence-corrected chi connectivity index (χ1v) is 7.91. The number of hydrogen-bond donors (Lipinski definition) is 1. The van der Waals surface area contributed by atoms with Gasteiger partial charge in [0.1, 0.15) is 28.4 Å². The summed E-state index contributed by atoms with van der Waals surface area (Å²) in [6.07, 6.45) is 1.73. The van der Waals surface area contributed by atoms with Crippen LogP contribution < -0.4 is 5.43 Å². The molecule has 0 aliphatic carbocycles. The van der Waals surface area contributed by atoms with Gasteiger partial charge < -0.3 is 8.83 Å². The molecule has 3 heterocycles. The first-order valence-electron chi connectivity index (χ1n) is 7.91. The molecule has 2 aromatic carbocycles. The van der Waals surface area contributed by atoms with Gasteiger partial charge in [-0.1, -0.05) is 24.3 Å². The first-order chi connectivity index (χ1) is 12.8. The monoisotopic (exact) mass is 345 g/mol. The van der Waals surface area contributed by atoms with Gasteiger partial charge in [0.2, 0.25) is 11.3 Å². The number of aromatic amines is 1. The Hall–Kier alpha value is -3.81. The van der Waals surface area contributed by atoms with Crippen LogP contribution in [0.25, 0.3) is 33.5 Å². The lowest BCUT2D eigenvalue weighted by Crippen LogP contribution is -2.04. The maximum atomic E-state index is 12.6. The molecule has 0 aliphatic heterocycles. The summed E-state index contributed by atoms with van der Waals surface area (Å²) < 4.78 is 11.2. The molecule has 0 radical (unpaired) electrons. The number of fused-ring (bicyclic) bond motifs is 2. The van der Waals surface area contributed by atoms with Gasteiger partial charge in [-0.15, -0.1) is 10.2 Å². The zero-order valence-corrected chi connectivity index (χ0v) is 13.3. The van der Waals surface area contributed by atoms with E-state index in [-0.39, 0.29) is 16.9 Å². The fraction of sp³-hybridized carbons (Fsp3) is 0.0556. The van der Waals surface area contributed by atoms with Crippen LogP contribution in [0.2, 0.25) is 0 Å². The predicted octanol–water partition coefficient (Wildman–Crippen LogP) is 2.71. The second-order valence-corrected chi connectivity index (χ2v) is 5.76. The Kier molecular flexibility index (Phi) is 3.14. The molecule has 0 saturated carbocycles. The molecule has 0 spiro atoms. The third-order valence-corrected chi connectivity index (χ3v) is 4.15. The Morgan fingerprint density at radius 3 is 2.88 bits per heavy atom. The Morgan fingerprint density at radius 2 is 1.92 bits per heavy atom. The summed E-state index contributed by atoms with van der Waals surface area (Å²) in [5, 5.41) is 19.3. The average Bonchev–Trinajstić information content (AvgIpc) is 3.32. The minimum Gasteiger partial charge on any atom is -0.463 e. The van der Waals surface area contributed by atoms with E-state index in [4.69, 9.17) is 8.83 Å². The zero-order chi connectivity index (χ0) is 17.5. The Bertz CT molecular complexity index is 1300. The molecule has 0 saturated heterocycles. The van der Waals surface area contributed by atoms with Crippen LogP contribution in [0.1, 0.15) is 11.5 Å². The normalized spacial score (nSPS) is 11.4. The molecular weight excluding hydrogens is 334 g/mol. The van der Waals surface area contributed by atoms with Crippen molar-refractivity contribution in [3.05, 3.63) is 70.4 Å². The number of aromatic nitrogens is 5. The largest absolute Gasteiger partial charge is 0.463 e. The molecule has 0 unspecified atom stereocenters. The average molecular weight is 345 g/mol. The Labute approximate surface area is 145 Å². The summed E-state index contributed by atoms with van der Waals surface area (Å²) >= 11 is 0. The van der Waals surface area contributed by atoms with Crippen molar-refractivity contribution in [1.29, 1.82) is 0 Å². The second-order valence-electron chi connectivity index (χ2n) is 5.76. The second kappa shape index (κ2) is 5.62. The van der Waals surface area contributed by atoms with Crippen LogP contribution in [0.5, 0.6) is 0 Å². The number of hydrogen-bond acceptors (Lipinski definition) is 7. The van der Waals surface area contributed by atoms with E-state index in [1.165, 1.54) is 6.26 Å². The molecule has 8 heteroatoms. The highest BCUT2D eigenvalue weighted by Gasteiger charge is 2.16. The zero-order valence-electron chi connectivity index (χ0n) is 13.3. The number of nitrogens with zero attached hydrogens (tertiary/aromatic N) is 4. The molecule has 3 aromatic heterocycles. The van der Waals surface area contributed by atoms with Gasteiger partial charge in [0.05, 0.1) is 11.8 Å². The third kappa shape index (κ3) is 2.27. The summed E-state index contributed by atoms with van der Waals surface area (Å²) in [4.78, 5) is 12.6. The first kappa shape index (κ1) is 14.5. The van der Waals surface area contributed by atoms with Gasteiger partial charge in [0.25, 0.3) is 5.89 Å². The molecule has 8 nitrogen and oxygen atoms in total. The van der Waals surface area contributed by atoms with Gasteiger partial charge in [-0.3, -0.25) is 4.79 Å². The number of H-pyrrole nitrogens is 1. The highest BCUT2D eigenvalue weighted by molar-refractivity contribution is 5.80. The summed E-state index contributed by atoms with van der Waals surface area (Å²) in [5.41, 5.74) is 2.95. The summed E-state index contributed by atoms with van der Waals surface area (Å²) in [7, 11) is 0. The molecule has 0 amide bonds. The number of para-hydroxylation sites is 2. The number of nitrogens with one attached hydrogen (secondary N) is 1. The van der Waals surface area contributed by atoms with Crippen molar-refractivity contribution in [2.45, 2.75) is 6.42 Å². The lowest BCUT2D eigenvalue weighted by atomic mass is 10.1. The standard InChI is InChI=1S/C18H11N5O3/c24-17-11-5-1-2-7-14(11)25-9-12(17)18-22-20-15(26-18)8-10-4-3-6-13-16(10)21-23-19-13/h1-7,9H,8H2,(H,19,21,23). The lowest BCUT2D eigenvalue weighted by molar-refractivity contribution is 0.514. The number of benzene rings is 2. The SMILES string of the molecule is O=c1c(-c2nnc(Cc3cccc4n[nH]nc34)o2)coc2ccccc12. The van der Waals surface area contributed by atoms with E-state index in [1.54, 1.807) is 24.3 Å². The molecule has 26 heavy (non-hydrogen) atoms. The molecule has 5 rings (SSSR count). The smallest absolute Gasteiger partial charge is 0.254 e. The Morgan fingerprint density at radius 1 is 1.00 bits per heavy atom. The van der Waals surface area contributed by atoms with Gasteiger partial charge in [-0.05, 0) is 23.8 Å². The van der Waals surface area contributed by atoms with Crippen LogP contribution in [0.15, 0.2) is 62.4 Å². The van der Waals surface area contributed by atoms with Gasteiger partial charge in [-0.2, -0.15) is 15.4 Å². The summed E-state index contributed by atoms with van der Waals surface area (Å²) in [5.74, 6) is 0.509. The van der Waals surface area contributed by atoms with Crippen LogP contribution >= 0.6 is 0 Å². The predicted molar refractivity (Wildman–Crippen MR) is 92.5 cm³/mol. The maximum absolute atomic E-state index is 12.6. The fourth-order valence-electron chi connectivity index (χ4n) is 2.89. The van der Waals surface area contributed by atoms with E-state index in [0.717, 1.165) is 16.6 Å². The van der Waals surface area contributed by atoms with Gasteiger partial charge >= 0.3 is 0 Å². The minimum atomic E-state index is -0.208. The minimum absolute atomic E-state index is 0.131. The van der Waals surface area contributed by atoms with E-state index >= 15 is 0 Å². The van der Waals surface area contributed by atoms with Crippen molar-refractivity contribution in [2.24, 2.45) is 0 Å². The molecule has 0 atom stereocenters. The van der Waals surface area contributed by atoms with Crippen LogP contribution in [-0.2, 0) is 6.42 Å². The molecule has 0 fully saturated rings. The van der Waals surface area contributed by atoms with E-state index in [0.29, 0.717) is 23.3 Å². The van der Waals surface area contributed by atoms with Gasteiger partial charge in [-0.25, -0.2) is 0 Å². The molecular formula is C18H11N5O3. The van der Waals surface area contributed by atoms with E-state index in [9.17, 15) is 4.79 Å². The summed E-state index contributed by atoms with van der Waals surface area (Å²) in [6.45, 7) is 0. The van der Waals surface area contributed by atoms with Crippen LogP contribution in [0.4, 0.5) is 0 Å². The highest BCUT2D eigenvalue weighted by atomic mass is 16.4. The number of rotatable bonds is 3. The molecule has 5 aromatic rings. The van der Waals surface area contributed by atoms with Gasteiger partial charge in [0, 0.05) is 0 Å². The topological polar surface area (TPSA) is 111 Å². The van der Waals surface area contributed by atoms with Crippen molar-refractivity contribution < 1.29 is 8.83 Å². The molecule has 0 bridgehead atoms. The third-order valence-electron chi connectivity index (χ3n) is 4.15. The Balaban J connectivity index is 1.54. The van der Waals surface area contributed by atoms with E-state index < -0.39 is 0 Å². The van der Waals surface area contributed by atoms with E-state index in [1.807, 2.05) is 18.2 Å². The quantitative estimate of drug-likeness (QED) is 0.535. The summed E-state index contributed by atoms with van der Waals surface area (Å²) in [6, 6.07) is 12.7. The van der Waals surface area contributed by atoms with Gasteiger partial charge in [0.15, 0.2) is 0 Å². The highest BCUT2D eigenvalue weighted by Crippen LogP contribution is 2.21. The van der Waals surface area contributed by atoms with Crippen LogP contribution in [0, 0.1) is 0 Å². The van der Waals surface area contributed by atoms with Crippen molar-refractivity contribution in [2.75, 3.05) is 0 Å². The van der Waals surface area contributed by atoms with Crippen LogP contribution in [-0.4, -0.2) is 25.6 Å². The van der Waals surface area contributed by atoms with Crippen molar-refractivity contribution in [3.63, 3.8) is 0 Å².